The van der Waals surface area contributed by atoms with Gasteiger partial charge in [-0.3, -0.25) is 4.90 Å². The summed E-state index contributed by atoms with van der Waals surface area (Å²) in [4.78, 5) is 13.5. The zero-order chi connectivity index (χ0) is 14.4. The van der Waals surface area contributed by atoms with E-state index in [9.17, 15) is 9.90 Å². The first kappa shape index (κ1) is 15.0. The quantitative estimate of drug-likeness (QED) is 0.778. The second-order valence-corrected chi connectivity index (χ2v) is 5.24. The van der Waals surface area contributed by atoms with Gasteiger partial charge in [-0.2, -0.15) is 0 Å². The van der Waals surface area contributed by atoms with Crippen molar-refractivity contribution in [3.05, 3.63) is 34.9 Å². The van der Waals surface area contributed by atoms with E-state index < -0.39 is 5.97 Å². The van der Waals surface area contributed by atoms with Crippen LogP contribution in [0.25, 0.3) is 0 Å². The highest BCUT2D eigenvalue weighted by Crippen LogP contribution is 2.22. The minimum absolute atomic E-state index is 0.460. The minimum Gasteiger partial charge on any atom is -0.478 e. The number of aromatic carboxylic acids is 1. The molecule has 110 valence electrons. The van der Waals surface area contributed by atoms with Gasteiger partial charge in [0.15, 0.2) is 0 Å². The number of ether oxygens (including phenoxy) is 1. The lowest BCUT2D eigenvalue weighted by molar-refractivity contribution is 0.0693. The summed E-state index contributed by atoms with van der Waals surface area (Å²) in [6.07, 6.45) is 3.09. The number of hydrogen-bond donors (Lipinski definition) is 1. The molecule has 0 radical (unpaired) electrons. The lowest BCUT2D eigenvalue weighted by Gasteiger charge is -2.29. The first-order valence-corrected chi connectivity index (χ1v) is 7.36. The summed E-state index contributed by atoms with van der Waals surface area (Å²) >= 11 is 0. The van der Waals surface area contributed by atoms with Gasteiger partial charge in [-0.15, -0.1) is 0 Å². The van der Waals surface area contributed by atoms with Gasteiger partial charge >= 0.3 is 5.97 Å². The van der Waals surface area contributed by atoms with Crippen molar-refractivity contribution in [1.82, 2.24) is 4.90 Å². The molecule has 0 aromatic heterocycles. The van der Waals surface area contributed by atoms with Crippen molar-refractivity contribution in [2.24, 2.45) is 0 Å². The second kappa shape index (κ2) is 7.41. The van der Waals surface area contributed by atoms with Gasteiger partial charge < -0.3 is 9.84 Å². The zero-order valence-electron chi connectivity index (χ0n) is 12.1. The van der Waals surface area contributed by atoms with Crippen molar-refractivity contribution in [3.8, 4) is 0 Å². The van der Waals surface area contributed by atoms with Crippen LogP contribution >= 0.6 is 0 Å². The Balaban J connectivity index is 1.88. The van der Waals surface area contributed by atoms with Crippen LogP contribution in [0.1, 0.15) is 41.3 Å². The maximum Gasteiger partial charge on any atom is 0.335 e. The summed E-state index contributed by atoms with van der Waals surface area (Å²) in [5, 5.41) is 9.20. The number of carboxylic acids is 1. The van der Waals surface area contributed by atoms with Crippen LogP contribution in [0.5, 0.6) is 0 Å². The van der Waals surface area contributed by atoms with E-state index in [2.05, 4.69) is 11.8 Å². The second-order valence-electron chi connectivity index (χ2n) is 5.24. The SMILES string of the molecule is CCCCOCCN1CCc2c(cccc2C(=O)O)C1. The van der Waals surface area contributed by atoms with E-state index in [0.717, 1.165) is 63.2 Å². The van der Waals surface area contributed by atoms with E-state index in [1.165, 1.54) is 0 Å². The monoisotopic (exact) mass is 277 g/mol. The first-order valence-electron chi connectivity index (χ1n) is 7.36. The molecule has 2 rings (SSSR count). The molecule has 20 heavy (non-hydrogen) atoms. The molecule has 1 aromatic carbocycles. The summed E-state index contributed by atoms with van der Waals surface area (Å²) in [7, 11) is 0. The predicted molar refractivity (Wildman–Crippen MR) is 78.1 cm³/mol. The maximum atomic E-state index is 11.2. The van der Waals surface area contributed by atoms with E-state index in [0.29, 0.717) is 5.56 Å². The molecule has 4 nitrogen and oxygen atoms in total. The number of carboxylic acid groups (broad SMARTS) is 1. The molecule has 0 spiro atoms. The van der Waals surface area contributed by atoms with Gasteiger partial charge in [0.25, 0.3) is 0 Å². The van der Waals surface area contributed by atoms with Gasteiger partial charge in [-0.25, -0.2) is 4.79 Å². The molecule has 1 aromatic rings. The number of fused-ring (bicyclic) bond motifs is 1. The van der Waals surface area contributed by atoms with E-state index >= 15 is 0 Å². The Kier molecular flexibility index (Phi) is 5.56. The fraction of sp³-hybridized carbons (Fsp3) is 0.562. The molecule has 4 heteroatoms. The van der Waals surface area contributed by atoms with Crippen LogP contribution in [0.3, 0.4) is 0 Å². The highest BCUT2D eigenvalue weighted by molar-refractivity contribution is 5.89. The van der Waals surface area contributed by atoms with E-state index in [1.807, 2.05) is 12.1 Å². The molecule has 0 aliphatic carbocycles. The van der Waals surface area contributed by atoms with Gasteiger partial charge in [0, 0.05) is 26.2 Å². The molecule has 0 amide bonds. The Morgan fingerprint density at radius 2 is 2.25 bits per heavy atom. The molecule has 1 N–H and O–H groups in total. The van der Waals surface area contributed by atoms with Crippen molar-refractivity contribution in [1.29, 1.82) is 0 Å². The summed E-state index contributed by atoms with van der Waals surface area (Å²) in [5.41, 5.74) is 2.61. The number of rotatable bonds is 7. The maximum absolute atomic E-state index is 11.2. The molecule has 0 saturated heterocycles. The molecule has 0 bridgehead atoms. The van der Waals surface area contributed by atoms with Crippen LogP contribution in [0, 0.1) is 0 Å². The molecule has 0 atom stereocenters. The molecular formula is C16H23NO3. The van der Waals surface area contributed by atoms with Crippen molar-refractivity contribution in [2.45, 2.75) is 32.7 Å². The summed E-state index contributed by atoms with van der Waals surface area (Å²) < 4.78 is 5.59. The number of nitrogens with zero attached hydrogens (tertiary/aromatic N) is 1. The van der Waals surface area contributed by atoms with Crippen LogP contribution in [0.2, 0.25) is 0 Å². The Labute approximate surface area is 120 Å². The Hall–Kier alpha value is -1.39. The molecule has 1 aliphatic rings. The molecular weight excluding hydrogens is 254 g/mol. The van der Waals surface area contributed by atoms with Crippen molar-refractivity contribution < 1.29 is 14.6 Å². The van der Waals surface area contributed by atoms with E-state index in [-0.39, 0.29) is 0 Å². The van der Waals surface area contributed by atoms with Crippen molar-refractivity contribution in [2.75, 3.05) is 26.3 Å². The van der Waals surface area contributed by atoms with Gasteiger partial charge in [0.2, 0.25) is 0 Å². The van der Waals surface area contributed by atoms with Gasteiger partial charge in [-0.05, 0) is 30.0 Å². The van der Waals surface area contributed by atoms with Gasteiger partial charge in [-0.1, -0.05) is 25.5 Å². The Morgan fingerprint density at radius 1 is 1.40 bits per heavy atom. The summed E-state index contributed by atoms with van der Waals surface area (Å²) in [6, 6.07) is 5.57. The third-order valence-electron chi connectivity index (χ3n) is 3.77. The molecule has 1 heterocycles. The lowest BCUT2D eigenvalue weighted by Crippen LogP contribution is -2.34. The zero-order valence-corrected chi connectivity index (χ0v) is 12.1. The van der Waals surface area contributed by atoms with Crippen molar-refractivity contribution >= 4 is 5.97 Å². The average molecular weight is 277 g/mol. The number of carbonyl (C=O) groups is 1. The third-order valence-corrected chi connectivity index (χ3v) is 3.77. The third kappa shape index (κ3) is 3.81. The first-order chi connectivity index (χ1) is 9.72. The van der Waals surface area contributed by atoms with E-state index in [1.54, 1.807) is 6.07 Å². The van der Waals surface area contributed by atoms with Crippen LogP contribution in [-0.2, 0) is 17.7 Å². The van der Waals surface area contributed by atoms with Crippen LogP contribution < -0.4 is 0 Å². The lowest BCUT2D eigenvalue weighted by atomic mass is 9.94. The Bertz CT molecular complexity index is 459. The van der Waals surface area contributed by atoms with E-state index in [4.69, 9.17) is 4.74 Å². The normalized spacial score (nSPS) is 15.1. The number of unbranched alkanes of at least 4 members (excludes halogenated alkanes) is 1. The fourth-order valence-electron chi connectivity index (χ4n) is 2.60. The largest absolute Gasteiger partial charge is 0.478 e. The topological polar surface area (TPSA) is 49.8 Å². The molecule has 0 unspecified atom stereocenters. The summed E-state index contributed by atoms with van der Waals surface area (Å²) in [5.74, 6) is -0.821. The molecule has 1 aliphatic heterocycles. The highest BCUT2D eigenvalue weighted by Gasteiger charge is 2.20. The van der Waals surface area contributed by atoms with Gasteiger partial charge in [0.05, 0.1) is 12.2 Å². The predicted octanol–water partition coefficient (Wildman–Crippen LogP) is 2.56. The van der Waals surface area contributed by atoms with Crippen molar-refractivity contribution in [3.63, 3.8) is 0 Å². The smallest absolute Gasteiger partial charge is 0.335 e. The number of benzene rings is 1. The van der Waals surface area contributed by atoms with Crippen LogP contribution in [0.4, 0.5) is 0 Å². The highest BCUT2D eigenvalue weighted by atomic mass is 16.5. The van der Waals surface area contributed by atoms with Gasteiger partial charge in [0.1, 0.15) is 0 Å². The molecule has 0 saturated carbocycles. The standard InChI is InChI=1S/C16H23NO3/c1-2-3-10-20-11-9-17-8-7-14-13(12-17)5-4-6-15(14)16(18)19/h4-6H,2-3,7-12H2,1H3,(H,18,19). The Morgan fingerprint density at radius 3 is 3.00 bits per heavy atom. The minimum atomic E-state index is -0.821. The number of hydrogen-bond acceptors (Lipinski definition) is 3. The molecule has 0 fully saturated rings. The van der Waals surface area contributed by atoms with Crippen LogP contribution in [-0.4, -0.2) is 42.3 Å². The average Bonchev–Trinajstić information content (AvgIpc) is 2.46. The fourth-order valence-corrected chi connectivity index (χ4v) is 2.60. The summed E-state index contributed by atoms with van der Waals surface area (Å²) in [6.45, 7) is 6.41. The van der Waals surface area contributed by atoms with Crippen LogP contribution in [0.15, 0.2) is 18.2 Å².